The monoisotopic (exact) mass is 380 g/mol. The van der Waals surface area contributed by atoms with Gasteiger partial charge in [-0.15, -0.1) is 12.4 Å². The molecule has 146 valence electrons. The van der Waals surface area contributed by atoms with Crippen LogP contribution < -0.4 is 5.32 Å². The third kappa shape index (κ3) is 7.08. The molecule has 0 unspecified atom stereocenters. The normalized spacial score (nSPS) is 14.8. The lowest BCUT2D eigenvalue weighted by Gasteiger charge is -2.32. The van der Waals surface area contributed by atoms with Crippen LogP contribution in [0, 0.1) is 5.92 Å². The van der Waals surface area contributed by atoms with E-state index in [1.54, 1.807) is 0 Å². The standard InChI is InChI=1S/C21H32N2O2.ClH/c1-3-4-17-5-7-19(8-6-17)20(24)9-10-21(25)23-15-12-18(13-16-23)11-14-22-2;/h5-8,18,22H,3-4,9-16H2,1-2H3;1H. The van der Waals surface area contributed by atoms with Gasteiger partial charge in [0, 0.05) is 31.5 Å². The summed E-state index contributed by atoms with van der Waals surface area (Å²) in [7, 11) is 1.98. The maximum Gasteiger partial charge on any atom is 0.223 e. The van der Waals surface area contributed by atoms with Crippen LogP contribution in [0.4, 0.5) is 0 Å². The van der Waals surface area contributed by atoms with Gasteiger partial charge in [-0.05, 0) is 50.8 Å². The zero-order chi connectivity index (χ0) is 18.1. The van der Waals surface area contributed by atoms with Gasteiger partial charge in [0.15, 0.2) is 5.78 Å². The highest BCUT2D eigenvalue weighted by molar-refractivity contribution is 5.98. The van der Waals surface area contributed by atoms with Gasteiger partial charge in [0.05, 0.1) is 0 Å². The van der Waals surface area contributed by atoms with Gasteiger partial charge in [-0.2, -0.15) is 0 Å². The Morgan fingerprint density at radius 2 is 1.77 bits per heavy atom. The Hall–Kier alpha value is -1.39. The number of rotatable bonds is 9. The van der Waals surface area contributed by atoms with Crippen LogP contribution in [-0.2, 0) is 11.2 Å². The van der Waals surface area contributed by atoms with Crippen molar-refractivity contribution in [3.05, 3.63) is 35.4 Å². The third-order valence-corrected chi connectivity index (χ3v) is 5.15. The first kappa shape index (κ1) is 22.7. The topological polar surface area (TPSA) is 49.4 Å². The predicted molar refractivity (Wildman–Crippen MR) is 109 cm³/mol. The van der Waals surface area contributed by atoms with Crippen LogP contribution in [0.1, 0.15) is 61.4 Å². The summed E-state index contributed by atoms with van der Waals surface area (Å²) in [5, 5.41) is 3.19. The molecule has 0 atom stereocenters. The van der Waals surface area contributed by atoms with Crippen molar-refractivity contribution in [2.75, 3.05) is 26.7 Å². The van der Waals surface area contributed by atoms with E-state index in [2.05, 4.69) is 12.2 Å². The van der Waals surface area contributed by atoms with Crippen molar-refractivity contribution in [3.8, 4) is 0 Å². The van der Waals surface area contributed by atoms with Crippen molar-refractivity contribution >= 4 is 24.1 Å². The summed E-state index contributed by atoms with van der Waals surface area (Å²) in [6, 6.07) is 7.83. The number of aryl methyl sites for hydroxylation is 1. The van der Waals surface area contributed by atoms with Gasteiger partial charge in [0.25, 0.3) is 0 Å². The highest BCUT2D eigenvalue weighted by atomic mass is 35.5. The molecule has 1 fully saturated rings. The summed E-state index contributed by atoms with van der Waals surface area (Å²) >= 11 is 0. The van der Waals surface area contributed by atoms with Gasteiger partial charge in [0.2, 0.25) is 5.91 Å². The molecular formula is C21H33ClN2O2. The number of carbonyl (C=O) groups excluding carboxylic acids is 2. The molecule has 0 saturated carbocycles. The molecule has 0 bridgehead atoms. The smallest absolute Gasteiger partial charge is 0.223 e. The fourth-order valence-electron chi connectivity index (χ4n) is 3.49. The Morgan fingerprint density at radius 3 is 2.35 bits per heavy atom. The molecule has 0 spiro atoms. The molecule has 1 N–H and O–H groups in total. The fraction of sp³-hybridized carbons (Fsp3) is 0.619. The van der Waals surface area contributed by atoms with E-state index in [-0.39, 0.29) is 24.1 Å². The Labute approximate surface area is 164 Å². The number of nitrogens with zero attached hydrogens (tertiary/aromatic N) is 1. The first-order valence-electron chi connectivity index (χ1n) is 9.68. The lowest BCUT2D eigenvalue weighted by molar-refractivity contribution is -0.132. The van der Waals surface area contributed by atoms with Crippen molar-refractivity contribution in [2.45, 2.75) is 51.9 Å². The molecule has 2 rings (SSSR count). The first-order chi connectivity index (χ1) is 12.1. The molecule has 1 aromatic carbocycles. The SMILES string of the molecule is CCCc1ccc(C(=O)CCC(=O)N2CCC(CCNC)CC2)cc1.Cl. The number of Topliss-reactive ketones (excluding diaryl/α,β-unsaturated/α-hetero) is 1. The van der Waals surface area contributed by atoms with Gasteiger partial charge < -0.3 is 10.2 Å². The van der Waals surface area contributed by atoms with Gasteiger partial charge in [-0.1, -0.05) is 37.6 Å². The molecule has 4 nitrogen and oxygen atoms in total. The van der Waals surface area contributed by atoms with Crippen molar-refractivity contribution in [1.29, 1.82) is 0 Å². The van der Waals surface area contributed by atoms with E-state index in [0.29, 0.717) is 12.8 Å². The molecule has 1 aromatic rings. The number of halogens is 1. The largest absolute Gasteiger partial charge is 0.343 e. The van der Waals surface area contributed by atoms with E-state index in [0.717, 1.165) is 56.8 Å². The highest BCUT2D eigenvalue weighted by Gasteiger charge is 2.22. The van der Waals surface area contributed by atoms with Crippen LogP contribution in [0.2, 0.25) is 0 Å². The van der Waals surface area contributed by atoms with E-state index in [4.69, 9.17) is 0 Å². The number of ketones is 1. The van der Waals surface area contributed by atoms with Crippen molar-refractivity contribution in [1.82, 2.24) is 10.2 Å². The molecule has 1 saturated heterocycles. The molecular weight excluding hydrogens is 348 g/mol. The summed E-state index contributed by atoms with van der Waals surface area (Å²) in [6.45, 7) is 4.87. The van der Waals surface area contributed by atoms with Gasteiger partial charge in [-0.25, -0.2) is 0 Å². The molecule has 1 aliphatic rings. The molecule has 26 heavy (non-hydrogen) atoms. The van der Waals surface area contributed by atoms with Crippen LogP contribution in [0.15, 0.2) is 24.3 Å². The van der Waals surface area contributed by atoms with Crippen molar-refractivity contribution in [3.63, 3.8) is 0 Å². The van der Waals surface area contributed by atoms with Crippen LogP contribution in [0.3, 0.4) is 0 Å². The van der Waals surface area contributed by atoms with E-state index >= 15 is 0 Å². The Morgan fingerprint density at radius 1 is 1.12 bits per heavy atom. The molecule has 0 radical (unpaired) electrons. The van der Waals surface area contributed by atoms with E-state index < -0.39 is 0 Å². The predicted octanol–water partition coefficient (Wildman–Crippen LogP) is 3.87. The maximum absolute atomic E-state index is 12.4. The first-order valence-corrected chi connectivity index (χ1v) is 9.68. The second kappa shape index (κ2) is 12.1. The number of carbonyl (C=O) groups is 2. The van der Waals surface area contributed by atoms with Crippen LogP contribution in [0.5, 0.6) is 0 Å². The van der Waals surface area contributed by atoms with Gasteiger partial charge in [-0.3, -0.25) is 9.59 Å². The molecule has 1 heterocycles. The lowest BCUT2D eigenvalue weighted by atomic mass is 9.93. The Balaban J connectivity index is 0.00000338. The van der Waals surface area contributed by atoms with Gasteiger partial charge in [0.1, 0.15) is 0 Å². The molecule has 0 aromatic heterocycles. The average Bonchev–Trinajstić information content (AvgIpc) is 2.65. The minimum absolute atomic E-state index is 0. The zero-order valence-corrected chi connectivity index (χ0v) is 16.9. The summed E-state index contributed by atoms with van der Waals surface area (Å²) in [4.78, 5) is 26.6. The van der Waals surface area contributed by atoms with Gasteiger partial charge >= 0.3 is 0 Å². The van der Waals surface area contributed by atoms with Crippen LogP contribution >= 0.6 is 12.4 Å². The highest BCUT2D eigenvalue weighted by Crippen LogP contribution is 2.21. The van der Waals surface area contributed by atoms with Crippen LogP contribution in [-0.4, -0.2) is 43.3 Å². The quantitative estimate of drug-likeness (QED) is 0.661. The van der Waals surface area contributed by atoms with E-state index in [1.165, 1.54) is 12.0 Å². The number of piperidine rings is 1. The van der Waals surface area contributed by atoms with Crippen molar-refractivity contribution < 1.29 is 9.59 Å². The summed E-state index contributed by atoms with van der Waals surface area (Å²) in [6.07, 6.45) is 6.14. The number of nitrogens with one attached hydrogen (secondary N) is 1. The number of likely N-dealkylation sites (tertiary alicyclic amines) is 1. The average molecular weight is 381 g/mol. The molecule has 0 aliphatic carbocycles. The summed E-state index contributed by atoms with van der Waals surface area (Å²) < 4.78 is 0. The molecule has 5 heteroatoms. The minimum atomic E-state index is 0. The minimum Gasteiger partial charge on any atom is -0.343 e. The van der Waals surface area contributed by atoms with E-state index in [1.807, 2.05) is 36.2 Å². The lowest BCUT2D eigenvalue weighted by Crippen LogP contribution is -2.39. The van der Waals surface area contributed by atoms with Crippen molar-refractivity contribution in [2.24, 2.45) is 5.92 Å². The number of benzene rings is 1. The second-order valence-corrected chi connectivity index (χ2v) is 7.09. The summed E-state index contributed by atoms with van der Waals surface area (Å²) in [5.74, 6) is 0.920. The third-order valence-electron chi connectivity index (χ3n) is 5.15. The second-order valence-electron chi connectivity index (χ2n) is 7.09. The Kier molecular flexibility index (Phi) is 10.5. The fourth-order valence-corrected chi connectivity index (χ4v) is 3.49. The van der Waals surface area contributed by atoms with E-state index in [9.17, 15) is 9.59 Å². The van der Waals surface area contributed by atoms with Crippen LogP contribution in [0.25, 0.3) is 0 Å². The molecule has 1 amide bonds. The maximum atomic E-state index is 12.4. The number of hydrogen-bond donors (Lipinski definition) is 1. The zero-order valence-electron chi connectivity index (χ0n) is 16.1. The Bertz CT molecular complexity index is 552. The number of hydrogen-bond acceptors (Lipinski definition) is 3. The summed E-state index contributed by atoms with van der Waals surface area (Å²) in [5.41, 5.74) is 1.98. The number of amides is 1. The molecule has 1 aliphatic heterocycles.